The Morgan fingerprint density at radius 2 is 1.85 bits per heavy atom. The average Bonchev–Trinajstić information content (AvgIpc) is 2.49. The third-order valence-electron chi connectivity index (χ3n) is 4.06. The molecule has 0 aromatic heterocycles. The second-order valence-corrected chi connectivity index (χ2v) is 6.34. The lowest BCUT2D eigenvalue weighted by Crippen LogP contribution is -2.40. The fraction of sp³-hybridized carbons (Fsp3) is 0.600. The first-order chi connectivity index (χ1) is 9.74. The molecule has 1 aromatic carbocycles. The van der Waals surface area contributed by atoms with Crippen LogP contribution in [0.15, 0.2) is 16.6 Å². The van der Waals surface area contributed by atoms with Crippen molar-refractivity contribution in [1.29, 1.82) is 0 Å². The van der Waals surface area contributed by atoms with E-state index in [0.717, 1.165) is 35.6 Å². The van der Waals surface area contributed by atoms with Gasteiger partial charge < -0.3 is 14.8 Å². The van der Waals surface area contributed by atoms with Gasteiger partial charge in [-0.15, -0.1) is 0 Å². The smallest absolute Gasteiger partial charge is 0.162 e. The van der Waals surface area contributed by atoms with Gasteiger partial charge in [-0.05, 0) is 50.7 Å². The summed E-state index contributed by atoms with van der Waals surface area (Å²) in [5.41, 5.74) is 1.26. The van der Waals surface area contributed by atoms with Crippen LogP contribution in [0.4, 0.5) is 0 Å². The molecule has 0 saturated carbocycles. The number of ether oxygens (including phenoxy) is 2. The van der Waals surface area contributed by atoms with E-state index in [2.05, 4.69) is 39.3 Å². The van der Waals surface area contributed by atoms with Gasteiger partial charge in [-0.2, -0.15) is 0 Å². The third-order valence-corrected chi connectivity index (χ3v) is 4.80. The molecule has 1 N–H and O–H groups in total. The zero-order chi connectivity index (χ0) is 13.9. The van der Waals surface area contributed by atoms with Gasteiger partial charge in [-0.3, -0.25) is 4.90 Å². The van der Waals surface area contributed by atoms with Crippen molar-refractivity contribution in [2.75, 3.05) is 33.4 Å². The van der Waals surface area contributed by atoms with E-state index in [4.69, 9.17) is 9.47 Å². The first kappa shape index (κ1) is 14.2. The molecule has 0 atom stereocenters. The quantitative estimate of drug-likeness (QED) is 0.916. The molecule has 1 aromatic rings. The Bertz CT molecular complexity index is 475. The molecule has 0 bridgehead atoms. The van der Waals surface area contributed by atoms with E-state index >= 15 is 0 Å². The van der Waals surface area contributed by atoms with E-state index in [1.807, 2.05) is 6.07 Å². The summed E-state index contributed by atoms with van der Waals surface area (Å²) in [4.78, 5) is 2.44. The van der Waals surface area contributed by atoms with Gasteiger partial charge in [-0.25, -0.2) is 0 Å². The largest absolute Gasteiger partial charge is 0.486 e. The van der Waals surface area contributed by atoms with Gasteiger partial charge in [0.2, 0.25) is 0 Å². The maximum absolute atomic E-state index is 5.67. The van der Waals surface area contributed by atoms with Crippen LogP contribution in [0.1, 0.15) is 18.4 Å². The number of hydrogen-bond acceptors (Lipinski definition) is 4. The minimum Gasteiger partial charge on any atom is -0.486 e. The molecule has 4 nitrogen and oxygen atoms in total. The van der Waals surface area contributed by atoms with Crippen LogP contribution >= 0.6 is 15.9 Å². The van der Waals surface area contributed by atoms with Gasteiger partial charge in [0.1, 0.15) is 13.2 Å². The monoisotopic (exact) mass is 340 g/mol. The Hall–Kier alpha value is -0.780. The van der Waals surface area contributed by atoms with Crippen molar-refractivity contribution in [3.63, 3.8) is 0 Å². The first-order valence-electron chi connectivity index (χ1n) is 7.23. The lowest BCUT2D eigenvalue weighted by atomic mass is 10.0. The summed E-state index contributed by atoms with van der Waals surface area (Å²) in [6.45, 7) is 4.45. The molecule has 0 aliphatic carbocycles. The zero-order valence-corrected chi connectivity index (χ0v) is 13.4. The van der Waals surface area contributed by atoms with Crippen molar-refractivity contribution in [3.8, 4) is 11.5 Å². The van der Waals surface area contributed by atoms with E-state index in [1.165, 1.54) is 18.4 Å². The van der Waals surface area contributed by atoms with Gasteiger partial charge in [0.25, 0.3) is 0 Å². The second kappa shape index (κ2) is 6.33. The van der Waals surface area contributed by atoms with Crippen molar-refractivity contribution in [1.82, 2.24) is 10.2 Å². The highest BCUT2D eigenvalue weighted by Crippen LogP contribution is 2.36. The lowest BCUT2D eigenvalue weighted by Gasteiger charge is -2.32. The second-order valence-electron chi connectivity index (χ2n) is 5.48. The molecule has 0 spiro atoms. The van der Waals surface area contributed by atoms with Crippen LogP contribution in [0, 0.1) is 0 Å². The standard InChI is InChI=1S/C15H21BrN2O2/c1-18(12-2-4-17-5-3-12)10-11-8-14-15(9-13(11)16)20-7-6-19-14/h8-9,12,17H,2-7,10H2,1H3. The van der Waals surface area contributed by atoms with Crippen LogP contribution < -0.4 is 14.8 Å². The predicted octanol–water partition coefficient (Wildman–Crippen LogP) is 2.40. The van der Waals surface area contributed by atoms with E-state index in [9.17, 15) is 0 Å². The maximum Gasteiger partial charge on any atom is 0.162 e. The van der Waals surface area contributed by atoms with Crippen molar-refractivity contribution in [2.45, 2.75) is 25.4 Å². The number of nitrogens with zero attached hydrogens (tertiary/aromatic N) is 1. The highest BCUT2D eigenvalue weighted by atomic mass is 79.9. The van der Waals surface area contributed by atoms with Gasteiger partial charge in [0.05, 0.1) is 0 Å². The van der Waals surface area contributed by atoms with Crippen LogP contribution in [0.3, 0.4) is 0 Å². The van der Waals surface area contributed by atoms with Crippen molar-refractivity contribution < 1.29 is 9.47 Å². The van der Waals surface area contributed by atoms with E-state index in [0.29, 0.717) is 19.3 Å². The normalized spacial score (nSPS) is 19.4. The number of hydrogen-bond donors (Lipinski definition) is 1. The molecule has 1 saturated heterocycles. The Kier molecular flexibility index (Phi) is 4.48. The van der Waals surface area contributed by atoms with Crippen molar-refractivity contribution in [3.05, 3.63) is 22.2 Å². The van der Waals surface area contributed by atoms with Crippen LogP contribution in [0.25, 0.3) is 0 Å². The molecule has 0 radical (unpaired) electrons. The SMILES string of the molecule is CN(Cc1cc2c(cc1Br)OCCO2)C1CCNCC1. The summed E-state index contributed by atoms with van der Waals surface area (Å²) in [5, 5.41) is 3.41. The summed E-state index contributed by atoms with van der Waals surface area (Å²) < 4.78 is 12.4. The van der Waals surface area contributed by atoms with Crippen LogP contribution in [-0.4, -0.2) is 44.3 Å². The molecule has 3 rings (SSSR count). The van der Waals surface area contributed by atoms with E-state index in [1.54, 1.807) is 0 Å². The number of benzene rings is 1. The molecule has 2 heterocycles. The lowest BCUT2D eigenvalue weighted by molar-refractivity contribution is 0.169. The summed E-state index contributed by atoms with van der Waals surface area (Å²) >= 11 is 3.65. The molecule has 0 amide bonds. The van der Waals surface area contributed by atoms with E-state index in [-0.39, 0.29) is 0 Å². The summed E-state index contributed by atoms with van der Waals surface area (Å²) in [6.07, 6.45) is 2.44. The van der Waals surface area contributed by atoms with Crippen LogP contribution in [0.5, 0.6) is 11.5 Å². The van der Waals surface area contributed by atoms with Crippen molar-refractivity contribution in [2.24, 2.45) is 0 Å². The Balaban J connectivity index is 1.73. The summed E-state index contributed by atoms with van der Waals surface area (Å²) in [7, 11) is 2.21. The molecular weight excluding hydrogens is 320 g/mol. The van der Waals surface area contributed by atoms with Gasteiger partial charge >= 0.3 is 0 Å². The summed E-state index contributed by atoms with van der Waals surface area (Å²) in [5.74, 6) is 1.71. The Morgan fingerprint density at radius 3 is 2.55 bits per heavy atom. The average molecular weight is 341 g/mol. The fourth-order valence-electron chi connectivity index (χ4n) is 2.87. The fourth-order valence-corrected chi connectivity index (χ4v) is 3.32. The van der Waals surface area contributed by atoms with Crippen LogP contribution in [-0.2, 0) is 6.54 Å². The van der Waals surface area contributed by atoms with E-state index < -0.39 is 0 Å². The molecule has 110 valence electrons. The number of piperidine rings is 1. The predicted molar refractivity (Wildman–Crippen MR) is 82.5 cm³/mol. The molecular formula is C15H21BrN2O2. The molecule has 5 heteroatoms. The number of halogens is 1. The molecule has 1 fully saturated rings. The summed E-state index contributed by atoms with van der Waals surface area (Å²) in [6, 6.07) is 4.80. The molecule has 20 heavy (non-hydrogen) atoms. The topological polar surface area (TPSA) is 33.7 Å². The number of rotatable bonds is 3. The third kappa shape index (κ3) is 3.10. The first-order valence-corrected chi connectivity index (χ1v) is 8.02. The number of nitrogens with one attached hydrogen (secondary N) is 1. The molecule has 0 unspecified atom stereocenters. The highest BCUT2D eigenvalue weighted by molar-refractivity contribution is 9.10. The minimum absolute atomic E-state index is 0.633. The Morgan fingerprint density at radius 1 is 1.20 bits per heavy atom. The van der Waals surface area contributed by atoms with Crippen LogP contribution in [0.2, 0.25) is 0 Å². The maximum atomic E-state index is 5.67. The molecule has 2 aliphatic rings. The minimum atomic E-state index is 0.633. The number of fused-ring (bicyclic) bond motifs is 1. The van der Waals surface area contributed by atoms with Crippen molar-refractivity contribution >= 4 is 15.9 Å². The van der Waals surface area contributed by atoms with Gasteiger partial charge in [0.15, 0.2) is 11.5 Å². The highest BCUT2D eigenvalue weighted by Gasteiger charge is 2.20. The molecule has 2 aliphatic heterocycles. The van der Waals surface area contributed by atoms with Gasteiger partial charge in [-0.1, -0.05) is 15.9 Å². The zero-order valence-electron chi connectivity index (χ0n) is 11.8. The van der Waals surface area contributed by atoms with Gasteiger partial charge in [0, 0.05) is 17.1 Å². The Labute approximate surface area is 128 Å².